The van der Waals surface area contributed by atoms with Crippen molar-refractivity contribution < 1.29 is 13.6 Å². The van der Waals surface area contributed by atoms with Gasteiger partial charge in [-0.15, -0.1) is 16.8 Å². The van der Waals surface area contributed by atoms with Gasteiger partial charge in [0, 0.05) is 6.54 Å². The average Bonchev–Trinajstić information content (AvgIpc) is 3.28. The van der Waals surface area contributed by atoms with E-state index in [2.05, 4.69) is 22.1 Å². The number of aromatic nitrogens is 3. The Bertz CT molecular complexity index is 997. The van der Waals surface area contributed by atoms with Gasteiger partial charge in [-0.2, -0.15) is 0 Å². The summed E-state index contributed by atoms with van der Waals surface area (Å²) in [6.45, 7) is 9.85. The molecule has 152 valence electrons. The van der Waals surface area contributed by atoms with E-state index in [-0.39, 0.29) is 17.8 Å². The molecule has 3 aromatic rings. The molecule has 0 spiro atoms. The zero-order valence-electron chi connectivity index (χ0n) is 16.6. The number of nitrogens with zero attached hydrogens (tertiary/aromatic N) is 3. The van der Waals surface area contributed by atoms with Gasteiger partial charge in [-0.3, -0.25) is 9.36 Å². The van der Waals surface area contributed by atoms with Crippen LogP contribution in [0.15, 0.2) is 58.8 Å². The van der Waals surface area contributed by atoms with Gasteiger partial charge in [-0.05, 0) is 44.5 Å². The summed E-state index contributed by atoms with van der Waals surface area (Å²) < 4.78 is 20.4. The van der Waals surface area contributed by atoms with Crippen LogP contribution in [-0.2, 0) is 11.3 Å². The van der Waals surface area contributed by atoms with E-state index < -0.39 is 5.25 Å². The fraction of sp³-hybridized carbons (Fsp3) is 0.286. The predicted molar refractivity (Wildman–Crippen MR) is 111 cm³/mol. The third-order valence-electron chi connectivity index (χ3n) is 4.51. The normalized spacial score (nSPS) is 13.1. The van der Waals surface area contributed by atoms with Crippen LogP contribution in [0.1, 0.15) is 31.2 Å². The van der Waals surface area contributed by atoms with Crippen molar-refractivity contribution in [3.8, 4) is 11.4 Å². The van der Waals surface area contributed by atoms with Crippen LogP contribution in [-0.4, -0.2) is 25.9 Å². The second kappa shape index (κ2) is 9.09. The van der Waals surface area contributed by atoms with E-state index >= 15 is 0 Å². The molecule has 0 fully saturated rings. The topological polar surface area (TPSA) is 73.0 Å². The quantitative estimate of drug-likeness (QED) is 0.433. The molecule has 8 heteroatoms. The SMILES string of the molecule is C=CCn1c(S[C@@H](C)C(=O)N[C@H](C)c2ccc(F)cc2)nnc1-c1ccoc1C. The van der Waals surface area contributed by atoms with Crippen molar-refractivity contribution in [2.45, 2.75) is 43.8 Å². The Labute approximate surface area is 173 Å². The summed E-state index contributed by atoms with van der Waals surface area (Å²) in [5.74, 6) is 0.978. The second-order valence-electron chi connectivity index (χ2n) is 6.64. The van der Waals surface area contributed by atoms with Crippen molar-refractivity contribution >= 4 is 17.7 Å². The molecular weight excluding hydrogens is 391 g/mol. The molecule has 1 aromatic carbocycles. The number of carbonyl (C=O) groups is 1. The predicted octanol–water partition coefficient (Wildman–Crippen LogP) is 4.53. The molecule has 3 rings (SSSR count). The Morgan fingerprint density at radius 1 is 1.31 bits per heavy atom. The smallest absolute Gasteiger partial charge is 0.233 e. The largest absolute Gasteiger partial charge is 0.469 e. The summed E-state index contributed by atoms with van der Waals surface area (Å²) in [6, 6.07) is 7.70. The number of allylic oxidation sites excluding steroid dienone is 1. The summed E-state index contributed by atoms with van der Waals surface area (Å²) in [6.07, 6.45) is 3.37. The maximum absolute atomic E-state index is 13.1. The molecule has 0 saturated carbocycles. The zero-order valence-corrected chi connectivity index (χ0v) is 17.4. The molecule has 1 amide bonds. The Kier molecular flexibility index (Phi) is 6.53. The minimum atomic E-state index is -0.399. The monoisotopic (exact) mass is 414 g/mol. The molecule has 2 atom stereocenters. The zero-order chi connectivity index (χ0) is 21.0. The van der Waals surface area contributed by atoms with Crippen molar-refractivity contribution in [3.05, 3.63) is 66.4 Å². The van der Waals surface area contributed by atoms with Gasteiger partial charge in [0.15, 0.2) is 11.0 Å². The number of rotatable bonds is 8. The first kappa shape index (κ1) is 20.9. The maximum atomic E-state index is 13.1. The Balaban J connectivity index is 1.72. The summed E-state index contributed by atoms with van der Waals surface area (Å²) in [5.41, 5.74) is 1.69. The number of amides is 1. The maximum Gasteiger partial charge on any atom is 0.233 e. The molecule has 0 radical (unpaired) electrons. The number of nitrogens with one attached hydrogen (secondary N) is 1. The van der Waals surface area contributed by atoms with Crippen LogP contribution in [0.25, 0.3) is 11.4 Å². The minimum Gasteiger partial charge on any atom is -0.469 e. The molecule has 0 aliphatic carbocycles. The average molecular weight is 415 g/mol. The van der Waals surface area contributed by atoms with Gasteiger partial charge in [0.05, 0.1) is 23.1 Å². The molecule has 0 unspecified atom stereocenters. The molecule has 6 nitrogen and oxygen atoms in total. The lowest BCUT2D eigenvalue weighted by atomic mass is 10.1. The van der Waals surface area contributed by atoms with Crippen molar-refractivity contribution in [3.63, 3.8) is 0 Å². The van der Waals surface area contributed by atoms with Crippen LogP contribution >= 0.6 is 11.8 Å². The van der Waals surface area contributed by atoms with Gasteiger partial charge >= 0.3 is 0 Å². The fourth-order valence-corrected chi connectivity index (χ4v) is 3.73. The van der Waals surface area contributed by atoms with Gasteiger partial charge in [0.25, 0.3) is 0 Å². The second-order valence-corrected chi connectivity index (χ2v) is 7.95. The van der Waals surface area contributed by atoms with E-state index in [0.29, 0.717) is 17.5 Å². The van der Waals surface area contributed by atoms with Crippen LogP contribution < -0.4 is 5.32 Å². The number of benzene rings is 1. The lowest BCUT2D eigenvalue weighted by Gasteiger charge is -2.18. The molecule has 1 N–H and O–H groups in total. The first-order chi connectivity index (χ1) is 13.9. The molecule has 2 aromatic heterocycles. The molecule has 0 aliphatic heterocycles. The van der Waals surface area contributed by atoms with Crippen molar-refractivity contribution in [1.29, 1.82) is 0 Å². The Morgan fingerprint density at radius 3 is 2.66 bits per heavy atom. The van der Waals surface area contributed by atoms with Gasteiger partial charge in [-0.25, -0.2) is 4.39 Å². The highest BCUT2D eigenvalue weighted by Crippen LogP contribution is 2.29. The summed E-state index contributed by atoms with van der Waals surface area (Å²) in [4.78, 5) is 12.7. The highest BCUT2D eigenvalue weighted by atomic mass is 32.2. The van der Waals surface area contributed by atoms with E-state index in [4.69, 9.17) is 4.42 Å². The van der Waals surface area contributed by atoms with Crippen molar-refractivity contribution in [2.24, 2.45) is 0 Å². The number of furan rings is 1. The summed E-state index contributed by atoms with van der Waals surface area (Å²) in [5, 5.41) is 11.7. The van der Waals surface area contributed by atoms with Crippen molar-refractivity contribution in [1.82, 2.24) is 20.1 Å². The molecular formula is C21H23FN4O2S. The number of hydrogen-bond donors (Lipinski definition) is 1. The van der Waals surface area contributed by atoms with Crippen molar-refractivity contribution in [2.75, 3.05) is 0 Å². The molecule has 0 saturated heterocycles. The van der Waals surface area contributed by atoms with E-state index in [1.165, 1.54) is 23.9 Å². The van der Waals surface area contributed by atoms with Crippen LogP contribution in [0.5, 0.6) is 0 Å². The van der Waals surface area contributed by atoms with E-state index in [1.807, 2.05) is 31.4 Å². The summed E-state index contributed by atoms with van der Waals surface area (Å²) >= 11 is 1.32. The van der Waals surface area contributed by atoms with E-state index in [9.17, 15) is 9.18 Å². The number of aryl methyl sites for hydroxylation is 1. The number of thioether (sulfide) groups is 1. The number of halogens is 1. The lowest BCUT2D eigenvalue weighted by Crippen LogP contribution is -2.33. The van der Waals surface area contributed by atoms with Crippen LogP contribution in [0.2, 0.25) is 0 Å². The van der Waals surface area contributed by atoms with Crippen LogP contribution in [0.4, 0.5) is 4.39 Å². The van der Waals surface area contributed by atoms with Gasteiger partial charge < -0.3 is 9.73 Å². The third kappa shape index (κ3) is 4.76. The van der Waals surface area contributed by atoms with Gasteiger partial charge in [0.1, 0.15) is 11.6 Å². The first-order valence-electron chi connectivity index (χ1n) is 9.21. The number of hydrogen-bond acceptors (Lipinski definition) is 5. The first-order valence-corrected chi connectivity index (χ1v) is 10.1. The lowest BCUT2D eigenvalue weighted by molar-refractivity contribution is -0.120. The van der Waals surface area contributed by atoms with E-state index in [1.54, 1.807) is 24.5 Å². The molecule has 29 heavy (non-hydrogen) atoms. The highest BCUT2D eigenvalue weighted by Gasteiger charge is 2.23. The summed E-state index contributed by atoms with van der Waals surface area (Å²) in [7, 11) is 0. The van der Waals surface area contributed by atoms with Crippen LogP contribution in [0, 0.1) is 12.7 Å². The standard InChI is InChI=1S/C21H23FN4O2S/c1-5-11-26-19(18-10-12-28-14(18)3)24-25-21(26)29-15(4)20(27)23-13(2)16-6-8-17(22)9-7-16/h5-10,12-13,15H,1,11H2,2-4H3,(H,23,27)/t13-,15+/m1/s1. The minimum absolute atomic E-state index is 0.138. The molecule has 0 aliphatic rings. The van der Waals surface area contributed by atoms with Crippen LogP contribution in [0.3, 0.4) is 0 Å². The van der Waals surface area contributed by atoms with E-state index in [0.717, 1.165) is 16.9 Å². The fourth-order valence-electron chi connectivity index (χ4n) is 2.86. The third-order valence-corrected chi connectivity index (χ3v) is 5.59. The van der Waals surface area contributed by atoms with Gasteiger partial charge in [0.2, 0.25) is 5.91 Å². The molecule has 0 bridgehead atoms. The molecule has 2 heterocycles. The Morgan fingerprint density at radius 2 is 2.03 bits per heavy atom. The van der Waals surface area contributed by atoms with Gasteiger partial charge in [-0.1, -0.05) is 30.0 Å². The number of carbonyl (C=O) groups excluding carboxylic acids is 1. The Hall–Kier alpha value is -2.87. The highest BCUT2D eigenvalue weighted by molar-refractivity contribution is 8.00.